The van der Waals surface area contributed by atoms with Gasteiger partial charge < -0.3 is 14.7 Å². The molecule has 0 radical (unpaired) electrons. The van der Waals surface area contributed by atoms with E-state index in [9.17, 15) is 18.3 Å². The monoisotopic (exact) mass is 342 g/mol. The number of amides is 1. The van der Waals surface area contributed by atoms with E-state index in [0.29, 0.717) is 5.69 Å². The maximum atomic E-state index is 12.0. The number of sulfonamides is 1. The molecule has 0 bridgehead atoms. The van der Waals surface area contributed by atoms with Gasteiger partial charge in [0.25, 0.3) is 0 Å². The predicted octanol–water partition coefficient (Wildman–Crippen LogP) is 0.727. The highest BCUT2D eigenvalue weighted by molar-refractivity contribution is 7.92. The van der Waals surface area contributed by atoms with Gasteiger partial charge in [-0.2, -0.15) is 0 Å². The molecule has 2 atom stereocenters. The van der Waals surface area contributed by atoms with Crippen LogP contribution in [0.1, 0.15) is 25.5 Å². The van der Waals surface area contributed by atoms with Gasteiger partial charge in [0.1, 0.15) is 12.7 Å². The largest absolute Gasteiger partial charge is 0.394 e. The molecule has 1 aromatic rings. The van der Waals surface area contributed by atoms with Crippen LogP contribution in [-0.2, 0) is 19.6 Å². The molecule has 1 aliphatic heterocycles. The summed E-state index contributed by atoms with van der Waals surface area (Å²) in [4.78, 5) is 13.6. The van der Waals surface area contributed by atoms with Crippen LogP contribution in [0.4, 0.5) is 5.69 Å². The topological polar surface area (TPSA) is 95.9 Å². The van der Waals surface area contributed by atoms with Crippen LogP contribution in [-0.4, -0.2) is 55.9 Å². The summed E-state index contributed by atoms with van der Waals surface area (Å²) in [6, 6.07) is 6.21. The summed E-state index contributed by atoms with van der Waals surface area (Å²) >= 11 is 0. The number of nitrogens with zero attached hydrogens (tertiary/aromatic N) is 1. The van der Waals surface area contributed by atoms with Crippen LogP contribution in [0.5, 0.6) is 0 Å². The summed E-state index contributed by atoms with van der Waals surface area (Å²) in [5.74, 6) is -0.148. The van der Waals surface area contributed by atoms with Crippen LogP contribution in [0.3, 0.4) is 0 Å². The zero-order valence-corrected chi connectivity index (χ0v) is 14.2. The van der Waals surface area contributed by atoms with E-state index >= 15 is 0 Å². The van der Waals surface area contributed by atoms with Crippen molar-refractivity contribution in [2.75, 3.05) is 24.2 Å². The molecular formula is C15H22N2O5S. The van der Waals surface area contributed by atoms with Crippen LogP contribution < -0.4 is 4.72 Å². The van der Waals surface area contributed by atoms with E-state index in [2.05, 4.69) is 4.72 Å². The summed E-state index contributed by atoms with van der Waals surface area (Å²) in [5, 5.41) is 9.70. The highest BCUT2D eigenvalue weighted by Crippen LogP contribution is 2.31. The Kier molecular flexibility index (Phi) is 5.28. The van der Waals surface area contributed by atoms with Gasteiger partial charge in [-0.25, -0.2) is 8.42 Å². The van der Waals surface area contributed by atoms with Crippen LogP contribution in [0.2, 0.25) is 0 Å². The van der Waals surface area contributed by atoms with E-state index < -0.39 is 22.2 Å². The SMILES string of the molecule is CC(C)N1C(=O)CO[C@H](c2ccc(NS(C)(=O)=O)cc2)[C@H]1CO. The number of benzene rings is 1. The Balaban J connectivity index is 2.24. The van der Waals surface area contributed by atoms with Crippen molar-refractivity contribution >= 4 is 21.6 Å². The Labute approximate surface area is 136 Å². The van der Waals surface area contributed by atoms with Gasteiger partial charge in [0.05, 0.1) is 18.9 Å². The number of hydrogen-bond donors (Lipinski definition) is 2. The van der Waals surface area contributed by atoms with Gasteiger partial charge in [-0.1, -0.05) is 12.1 Å². The number of ether oxygens (including phenoxy) is 1. The van der Waals surface area contributed by atoms with Gasteiger partial charge in [-0.15, -0.1) is 0 Å². The van der Waals surface area contributed by atoms with Crippen molar-refractivity contribution in [3.63, 3.8) is 0 Å². The number of rotatable bonds is 5. The highest BCUT2D eigenvalue weighted by Gasteiger charge is 2.38. The Morgan fingerprint density at radius 3 is 2.43 bits per heavy atom. The first kappa shape index (κ1) is 17.7. The number of morpholine rings is 1. The number of hydrogen-bond acceptors (Lipinski definition) is 5. The van der Waals surface area contributed by atoms with Gasteiger partial charge >= 0.3 is 0 Å². The molecule has 23 heavy (non-hydrogen) atoms. The minimum absolute atomic E-state index is 0.0390. The quantitative estimate of drug-likeness (QED) is 0.822. The van der Waals surface area contributed by atoms with Crippen LogP contribution in [0, 0.1) is 0 Å². The molecule has 0 spiro atoms. The summed E-state index contributed by atoms with van der Waals surface area (Å²) in [6.45, 7) is 3.53. The molecule has 1 amide bonds. The first-order valence-corrected chi connectivity index (χ1v) is 9.23. The third-order valence-corrected chi connectivity index (χ3v) is 4.27. The van der Waals surface area contributed by atoms with E-state index in [4.69, 9.17) is 4.74 Å². The van der Waals surface area contributed by atoms with E-state index in [1.807, 2.05) is 13.8 Å². The van der Waals surface area contributed by atoms with E-state index in [0.717, 1.165) is 11.8 Å². The third kappa shape index (κ3) is 4.21. The number of nitrogens with one attached hydrogen (secondary N) is 1. The molecule has 0 aliphatic carbocycles. The first-order valence-electron chi connectivity index (χ1n) is 7.34. The Morgan fingerprint density at radius 1 is 1.35 bits per heavy atom. The van der Waals surface area contributed by atoms with E-state index in [-0.39, 0.29) is 25.2 Å². The number of aliphatic hydroxyl groups is 1. The van der Waals surface area contributed by atoms with Crippen molar-refractivity contribution in [3.05, 3.63) is 29.8 Å². The predicted molar refractivity (Wildman–Crippen MR) is 86.5 cm³/mol. The van der Waals surface area contributed by atoms with Crippen LogP contribution in [0.25, 0.3) is 0 Å². The third-order valence-electron chi connectivity index (χ3n) is 3.67. The molecule has 1 heterocycles. The lowest BCUT2D eigenvalue weighted by Crippen LogP contribution is -2.55. The summed E-state index contributed by atoms with van der Waals surface area (Å²) < 4.78 is 30.5. The lowest BCUT2D eigenvalue weighted by Gasteiger charge is -2.42. The lowest BCUT2D eigenvalue weighted by molar-refractivity contribution is -0.164. The molecule has 1 saturated heterocycles. The fourth-order valence-corrected chi connectivity index (χ4v) is 3.37. The molecule has 0 unspecified atom stereocenters. The average molecular weight is 342 g/mol. The Morgan fingerprint density at radius 2 is 1.96 bits per heavy atom. The molecule has 1 aliphatic rings. The second-order valence-corrected chi connectivity index (χ2v) is 7.62. The number of anilines is 1. The molecule has 1 fully saturated rings. The van der Waals surface area contributed by atoms with Crippen molar-refractivity contribution in [1.29, 1.82) is 0 Å². The summed E-state index contributed by atoms with van der Waals surface area (Å²) in [6.07, 6.45) is 0.631. The Bertz CT molecular complexity index is 657. The van der Waals surface area contributed by atoms with E-state index in [1.54, 1.807) is 29.2 Å². The molecule has 0 saturated carbocycles. The molecule has 2 N–H and O–H groups in total. The second-order valence-electron chi connectivity index (χ2n) is 5.87. The van der Waals surface area contributed by atoms with Crippen molar-refractivity contribution < 1.29 is 23.1 Å². The summed E-state index contributed by atoms with van der Waals surface area (Å²) in [5.41, 5.74) is 1.23. The van der Waals surface area contributed by atoms with Crippen molar-refractivity contribution in [1.82, 2.24) is 4.90 Å². The smallest absolute Gasteiger partial charge is 0.249 e. The van der Waals surface area contributed by atoms with Gasteiger partial charge in [-0.05, 0) is 31.5 Å². The molecule has 1 aromatic carbocycles. The van der Waals surface area contributed by atoms with Gasteiger partial charge in [0, 0.05) is 11.7 Å². The fraction of sp³-hybridized carbons (Fsp3) is 0.533. The normalized spacial score (nSPS) is 22.5. The highest BCUT2D eigenvalue weighted by atomic mass is 32.2. The van der Waals surface area contributed by atoms with Crippen molar-refractivity contribution in [2.45, 2.75) is 32.0 Å². The number of carbonyl (C=O) groups excluding carboxylic acids is 1. The molecular weight excluding hydrogens is 320 g/mol. The molecule has 2 rings (SSSR count). The van der Waals surface area contributed by atoms with Crippen molar-refractivity contribution in [2.24, 2.45) is 0 Å². The van der Waals surface area contributed by atoms with Crippen molar-refractivity contribution in [3.8, 4) is 0 Å². The zero-order chi connectivity index (χ0) is 17.2. The Hall–Kier alpha value is -1.64. The average Bonchev–Trinajstić information content (AvgIpc) is 2.45. The minimum Gasteiger partial charge on any atom is -0.394 e. The fourth-order valence-electron chi connectivity index (χ4n) is 2.81. The zero-order valence-electron chi connectivity index (χ0n) is 13.4. The number of aliphatic hydroxyl groups excluding tert-OH is 1. The van der Waals surface area contributed by atoms with Gasteiger partial charge in [0.2, 0.25) is 15.9 Å². The van der Waals surface area contributed by atoms with Gasteiger partial charge in [-0.3, -0.25) is 9.52 Å². The van der Waals surface area contributed by atoms with Gasteiger partial charge in [0.15, 0.2) is 0 Å². The summed E-state index contributed by atoms with van der Waals surface area (Å²) in [7, 11) is -3.33. The maximum absolute atomic E-state index is 12.0. The first-order chi connectivity index (χ1) is 10.7. The molecule has 0 aromatic heterocycles. The lowest BCUT2D eigenvalue weighted by atomic mass is 9.98. The minimum atomic E-state index is -3.33. The van der Waals surface area contributed by atoms with Crippen LogP contribution in [0.15, 0.2) is 24.3 Å². The molecule has 8 heteroatoms. The standard InChI is InChI=1S/C15H22N2O5S/c1-10(2)17-13(8-18)15(22-9-14(17)19)11-4-6-12(7-5-11)16-23(3,20)21/h4-7,10,13,15-16,18H,8-9H2,1-3H3/t13-,15-/m1/s1. The maximum Gasteiger partial charge on any atom is 0.249 e. The van der Waals surface area contributed by atoms with Crippen LogP contribution >= 0.6 is 0 Å². The second kappa shape index (κ2) is 6.86. The van der Waals surface area contributed by atoms with E-state index in [1.165, 1.54) is 0 Å². The number of carbonyl (C=O) groups is 1. The molecule has 7 nitrogen and oxygen atoms in total. The molecule has 128 valence electrons.